The van der Waals surface area contributed by atoms with Gasteiger partial charge in [0.05, 0.1) is 26.3 Å². The summed E-state index contributed by atoms with van der Waals surface area (Å²) in [6.07, 6.45) is 0. The minimum atomic E-state index is -0.300. The van der Waals surface area contributed by atoms with E-state index in [2.05, 4.69) is 38.1 Å². The van der Waals surface area contributed by atoms with Gasteiger partial charge in [0.1, 0.15) is 11.5 Å². The molecular formula is C28H27NO3. The number of aryl methyl sites for hydroxylation is 2. The van der Waals surface area contributed by atoms with Crippen LogP contribution in [0.3, 0.4) is 0 Å². The van der Waals surface area contributed by atoms with Crippen molar-refractivity contribution in [3.05, 3.63) is 106 Å². The normalized spacial score (nSPS) is 18.0. The summed E-state index contributed by atoms with van der Waals surface area (Å²) in [5.41, 5.74) is 6.68. The van der Waals surface area contributed by atoms with Crippen molar-refractivity contribution >= 4 is 10.8 Å². The fourth-order valence-corrected chi connectivity index (χ4v) is 5.01. The van der Waals surface area contributed by atoms with Gasteiger partial charge in [0, 0.05) is 0 Å². The van der Waals surface area contributed by atoms with Crippen LogP contribution in [0.1, 0.15) is 45.5 Å². The fourth-order valence-electron chi connectivity index (χ4n) is 5.01. The molecule has 1 aliphatic heterocycles. The summed E-state index contributed by atoms with van der Waals surface area (Å²) in [4.78, 5) is 0. The molecule has 0 saturated carbocycles. The first-order chi connectivity index (χ1) is 15.5. The van der Waals surface area contributed by atoms with Crippen molar-refractivity contribution in [2.24, 2.45) is 0 Å². The molecule has 32 heavy (non-hydrogen) atoms. The molecule has 1 aliphatic rings. The molecule has 0 aromatic heterocycles. The smallest absolute Gasteiger partial charge is 0.118 e. The minimum Gasteiger partial charge on any atom is -0.497 e. The lowest BCUT2D eigenvalue weighted by Gasteiger charge is -2.41. The van der Waals surface area contributed by atoms with E-state index in [4.69, 9.17) is 9.47 Å². The molecule has 0 bridgehead atoms. The third kappa shape index (κ3) is 3.15. The third-order valence-corrected chi connectivity index (χ3v) is 6.64. The molecule has 0 fully saturated rings. The summed E-state index contributed by atoms with van der Waals surface area (Å²) in [5.74, 6) is 1.60. The molecule has 4 aromatic carbocycles. The van der Waals surface area contributed by atoms with Gasteiger partial charge >= 0.3 is 0 Å². The first kappa shape index (κ1) is 20.6. The molecule has 4 aromatic rings. The van der Waals surface area contributed by atoms with E-state index in [0.717, 1.165) is 44.9 Å². The lowest BCUT2D eigenvalue weighted by molar-refractivity contribution is -0.144. The average Bonchev–Trinajstić information content (AvgIpc) is 2.83. The molecule has 1 N–H and O–H groups in total. The third-order valence-electron chi connectivity index (χ3n) is 6.64. The van der Waals surface area contributed by atoms with Gasteiger partial charge in [-0.25, -0.2) is 0 Å². The highest BCUT2D eigenvalue weighted by Crippen LogP contribution is 2.49. The van der Waals surface area contributed by atoms with Crippen LogP contribution in [0.25, 0.3) is 10.8 Å². The van der Waals surface area contributed by atoms with Gasteiger partial charge in [-0.2, -0.15) is 5.06 Å². The van der Waals surface area contributed by atoms with Crippen LogP contribution in [-0.4, -0.2) is 24.5 Å². The van der Waals surface area contributed by atoms with Crippen LogP contribution in [0.4, 0.5) is 0 Å². The maximum Gasteiger partial charge on any atom is 0.118 e. The second-order valence-corrected chi connectivity index (χ2v) is 8.42. The Balaban J connectivity index is 1.81. The topological polar surface area (TPSA) is 41.9 Å². The van der Waals surface area contributed by atoms with Crippen LogP contribution in [0.15, 0.2) is 72.8 Å². The lowest BCUT2D eigenvalue weighted by Crippen LogP contribution is -2.36. The van der Waals surface area contributed by atoms with Gasteiger partial charge in [-0.3, -0.25) is 0 Å². The molecule has 162 valence electrons. The molecule has 2 atom stereocenters. The van der Waals surface area contributed by atoms with Crippen LogP contribution in [0.2, 0.25) is 0 Å². The molecule has 0 saturated heterocycles. The molecular weight excluding hydrogens is 398 g/mol. The van der Waals surface area contributed by atoms with Crippen molar-refractivity contribution in [2.45, 2.75) is 25.9 Å². The van der Waals surface area contributed by atoms with E-state index in [9.17, 15) is 5.21 Å². The van der Waals surface area contributed by atoms with E-state index >= 15 is 0 Å². The number of ether oxygens (including phenoxy) is 2. The van der Waals surface area contributed by atoms with Crippen molar-refractivity contribution in [3.63, 3.8) is 0 Å². The Morgan fingerprint density at radius 2 is 1.03 bits per heavy atom. The summed E-state index contributed by atoms with van der Waals surface area (Å²) < 4.78 is 10.7. The SMILES string of the molecule is COc1ccc([C@H]2c3c(C)ccc4ccc(C)c(c34)[C@H](c3ccc(OC)cc3)N2O)cc1. The lowest BCUT2D eigenvalue weighted by atomic mass is 9.78. The van der Waals surface area contributed by atoms with Crippen LogP contribution < -0.4 is 9.47 Å². The van der Waals surface area contributed by atoms with E-state index in [-0.39, 0.29) is 12.1 Å². The van der Waals surface area contributed by atoms with Gasteiger partial charge in [0.25, 0.3) is 0 Å². The number of methoxy groups -OCH3 is 2. The number of rotatable bonds is 4. The average molecular weight is 426 g/mol. The van der Waals surface area contributed by atoms with Gasteiger partial charge in [-0.1, -0.05) is 48.5 Å². The summed E-state index contributed by atoms with van der Waals surface area (Å²) in [5, 5.41) is 15.7. The zero-order valence-electron chi connectivity index (χ0n) is 18.8. The fraction of sp³-hybridized carbons (Fsp3) is 0.214. The number of hydroxylamine groups is 2. The van der Waals surface area contributed by atoms with Crippen LogP contribution >= 0.6 is 0 Å². The van der Waals surface area contributed by atoms with Crippen LogP contribution in [0, 0.1) is 13.8 Å². The maximum absolute atomic E-state index is 11.8. The molecule has 5 rings (SSSR count). The molecule has 0 spiro atoms. The van der Waals surface area contributed by atoms with Crippen LogP contribution in [0.5, 0.6) is 11.5 Å². The second kappa shape index (κ2) is 7.97. The van der Waals surface area contributed by atoms with Gasteiger partial charge in [-0.05, 0) is 82.3 Å². The zero-order chi connectivity index (χ0) is 22.4. The van der Waals surface area contributed by atoms with Crippen molar-refractivity contribution in [1.29, 1.82) is 0 Å². The highest BCUT2D eigenvalue weighted by atomic mass is 16.5. The van der Waals surface area contributed by atoms with Crippen molar-refractivity contribution < 1.29 is 14.7 Å². The molecule has 0 radical (unpaired) electrons. The van der Waals surface area contributed by atoms with E-state index in [1.807, 2.05) is 48.5 Å². The highest BCUT2D eigenvalue weighted by Gasteiger charge is 2.38. The Labute approximate surface area is 188 Å². The standard InChI is InChI=1S/C28H27NO3/c1-17-5-7-19-8-6-18(2)25-26(19)24(17)27(20-9-13-22(31-3)14-10-20)29(30)28(25)21-11-15-23(32-4)16-12-21/h5-16,27-28,30H,1-4H3/t27-,28-/m0/s1. The molecule has 4 heteroatoms. The van der Waals surface area contributed by atoms with Gasteiger partial charge in [0.2, 0.25) is 0 Å². The summed E-state index contributed by atoms with van der Waals surface area (Å²) >= 11 is 0. The molecule has 4 nitrogen and oxygen atoms in total. The monoisotopic (exact) mass is 425 g/mol. The Kier molecular flexibility index (Phi) is 5.12. The van der Waals surface area contributed by atoms with E-state index in [1.165, 1.54) is 15.8 Å². The Bertz CT molecular complexity index is 1180. The van der Waals surface area contributed by atoms with Gasteiger partial charge in [0.15, 0.2) is 0 Å². The second-order valence-electron chi connectivity index (χ2n) is 8.42. The summed E-state index contributed by atoms with van der Waals surface area (Å²) in [6.45, 7) is 4.25. The van der Waals surface area contributed by atoms with Gasteiger partial charge in [-0.15, -0.1) is 0 Å². The number of nitrogens with zero attached hydrogens (tertiary/aromatic N) is 1. The number of benzene rings is 4. The Morgan fingerprint density at radius 1 is 0.625 bits per heavy atom. The first-order valence-corrected chi connectivity index (χ1v) is 10.8. The minimum absolute atomic E-state index is 0.300. The Morgan fingerprint density at radius 3 is 1.41 bits per heavy atom. The van der Waals surface area contributed by atoms with Crippen LogP contribution in [-0.2, 0) is 0 Å². The summed E-state index contributed by atoms with van der Waals surface area (Å²) in [6, 6.07) is 24.0. The van der Waals surface area contributed by atoms with E-state index < -0.39 is 0 Å². The first-order valence-electron chi connectivity index (χ1n) is 10.8. The van der Waals surface area contributed by atoms with Crippen molar-refractivity contribution in [3.8, 4) is 11.5 Å². The number of hydrogen-bond acceptors (Lipinski definition) is 4. The zero-order valence-corrected chi connectivity index (χ0v) is 18.8. The molecule has 0 amide bonds. The summed E-state index contributed by atoms with van der Waals surface area (Å²) in [7, 11) is 3.33. The highest BCUT2D eigenvalue weighted by molar-refractivity contribution is 5.93. The van der Waals surface area contributed by atoms with Crippen molar-refractivity contribution in [1.82, 2.24) is 5.06 Å². The van der Waals surface area contributed by atoms with E-state index in [1.54, 1.807) is 14.2 Å². The Hall–Kier alpha value is -3.34. The largest absolute Gasteiger partial charge is 0.497 e. The van der Waals surface area contributed by atoms with E-state index in [0.29, 0.717) is 0 Å². The quantitative estimate of drug-likeness (QED) is 0.413. The molecule has 0 unspecified atom stereocenters. The maximum atomic E-state index is 11.8. The van der Waals surface area contributed by atoms with Gasteiger partial charge < -0.3 is 14.7 Å². The molecule has 1 heterocycles. The number of hydrogen-bond donors (Lipinski definition) is 1. The predicted octanol–water partition coefficient (Wildman–Crippen LogP) is 6.36. The predicted molar refractivity (Wildman–Crippen MR) is 127 cm³/mol. The molecule has 0 aliphatic carbocycles. The van der Waals surface area contributed by atoms with Crippen molar-refractivity contribution in [2.75, 3.05) is 14.2 Å².